The third-order valence-corrected chi connectivity index (χ3v) is 6.61. The quantitative estimate of drug-likeness (QED) is 0.163. The molecule has 4 aromatic carbocycles. The van der Waals surface area contributed by atoms with E-state index in [9.17, 15) is 0 Å². The van der Waals surface area contributed by atoms with Crippen molar-refractivity contribution in [3.63, 3.8) is 0 Å². The van der Waals surface area contributed by atoms with Gasteiger partial charge in [-0.25, -0.2) is 0 Å². The molecule has 0 aliphatic heterocycles. The molecule has 0 radical (unpaired) electrons. The van der Waals surface area contributed by atoms with Crippen LogP contribution in [-0.4, -0.2) is 6.10 Å². The monoisotopic (exact) mass is 450 g/mol. The van der Waals surface area contributed by atoms with Crippen molar-refractivity contribution in [3.8, 4) is 16.9 Å². The second kappa shape index (κ2) is 11.4. The highest BCUT2D eigenvalue weighted by molar-refractivity contribution is 6.13. The summed E-state index contributed by atoms with van der Waals surface area (Å²) in [5.41, 5.74) is 4.90. The minimum atomic E-state index is 0.0862. The molecular weight excluding hydrogens is 412 g/mol. The third-order valence-electron chi connectivity index (χ3n) is 6.61. The molecule has 4 aromatic rings. The Hall–Kier alpha value is -3.06. The number of unbranched alkanes of at least 4 members (excludes halogenated alkanes) is 5. The number of aryl methyl sites for hydroxylation is 1. The minimum absolute atomic E-state index is 0.0862. The van der Waals surface area contributed by atoms with Crippen molar-refractivity contribution in [2.75, 3.05) is 0 Å². The van der Waals surface area contributed by atoms with E-state index in [4.69, 9.17) is 4.74 Å². The molecule has 34 heavy (non-hydrogen) atoms. The van der Waals surface area contributed by atoms with Crippen molar-refractivity contribution in [2.24, 2.45) is 0 Å². The standard InChI is InChI=1S/C33H38O/c1-5-7-8-9-10-11-16-25-21-26(6-2)33(34-24(3)4)31(22-25)32-29-19-14-12-17-27(29)23-28-18-13-15-20-30(28)32/h6,12-15,17-24H,2,5,7-11,16H2,1,3-4H3. The Morgan fingerprint density at radius 1 is 0.794 bits per heavy atom. The maximum Gasteiger partial charge on any atom is 0.134 e. The summed E-state index contributed by atoms with van der Waals surface area (Å²) in [6, 6.07) is 24.4. The van der Waals surface area contributed by atoms with Crippen LogP contribution >= 0.6 is 0 Å². The molecule has 0 bridgehead atoms. The molecule has 1 nitrogen and oxygen atoms in total. The normalized spacial score (nSPS) is 11.4. The minimum Gasteiger partial charge on any atom is -0.490 e. The highest BCUT2D eigenvalue weighted by atomic mass is 16.5. The number of hydrogen-bond donors (Lipinski definition) is 0. The molecule has 0 atom stereocenters. The summed E-state index contributed by atoms with van der Waals surface area (Å²) in [6.45, 7) is 10.6. The smallest absolute Gasteiger partial charge is 0.134 e. The van der Waals surface area contributed by atoms with E-state index in [0.717, 1.165) is 17.7 Å². The van der Waals surface area contributed by atoms with E-state index >= 15 is 0 Å². The predicted molar refractivity (Wildman–Crippen MR) is 150 cm³/mol. The molecular formula is C33H38O. The molecule has 4 rings (SSSR count). The zero-order valence-electron chi connectivity index (χ0n) is 21.1. The summed E-state index contributed by atoms with van der Waals surface area (Å²) in [4.78, 5) is 0. The summed E-state index contributed by atoms with van der Waals surface area (Å²) >= 11 is 0. The molecule has 0 heterocycles. The first-order valence-corrected chi connectivity index (χ1v) is 13.0. The van der Waals surface area contributed by atoms with Crippen molar-refractivity contribution < 1.29 is 4.74 Å². The van der Waals surface area contributed by atoms with E-state index < -0.39 is 0 Å². The Morgan fingerprint density at radius 3 is 2.03 bits per heavy atom. The van der Waals surface area contributed by atoms with Crippen LogP contribution in [0.1, 0.15) is 70.4 Å². The zero-order valence-corrected chi connectivity index (χ0v) is 21.1. The lowest BCUT2D eigenvalue weighted by molar-refractivity contribution is 0.243. The van der Waals surface area contributed by atoms with Gasteiger partial charge in [0.05, 0.1) is 6.10 Å². The van der Waals surface area contributed by atoms with Crippen LogP contribution in [0.4, 0.5) is 0 Å². The van der Waals surface area contributed by atoms with E-state index in [1.165, 1.54) is 76.8 Å². The van der Waals surface area contributed by atoms with E-state index in [1.807, 2.05) is 6.08 Å². The largest absolute Gasteiger partial charge is 0.490 e. The lowest BCUT2D eigenvalue weighted by Crippen LogP contribution is -2.08. The van der Waals surface area contributed by atoms with Gasteiger partial charge in [0.2, 0.25) is 0 Å². The SMILES string of the molecule is C=Cc1cc(CCCCCCCC)cc(-c2c3ccccc3cc3ccccc23)c1OC(C)C. The lowest BCUT2D eigenvalue weighted by atomic mass is 9.88. The average molecular weight is 451 g/mol. The Labute approximate surface area is 205 Å². The number of ether oxygens (including phenoxy) is 1. The second-order valence-corrected chi connectivity index (χ2v) is 9.64. The zero-order chi connectivity index (χ0) is 23.9. The maximum absolute atomic E-state index is 6.47. The summed E-state index contributed by atoms with van der Waals surface area (Å²) in [5.74, 6) is 0.943. The molecule has 0 aromatic heterocycles. The fourth-order valence-electron chi connectivity index (χ4n) is 4.98. The van der Waals surface area contributed by atoms with Crippen molar-refractivity contribution in [1.29, 1.82) is 0 Å². The van der Waals surface area contributed by atoms with Gasteiger partial charge in [-0.15, -0.1) is 0 Å². The van der Waals surface area contributed by atoms with Crippen molar-refractivity contribution >= 4 is 27.6 Å². The van der Waals surface area contributed by atoms with Gasteiger partial charge < -0.3 is 4.74 Å². The molecule has 0 aliphatic rings. The van der Waals surface area contributed by atoms with Gasteiger partial charge in [-0.3, -0.25) is 0 Å². The van der Waals surface area contributed by atoms with Gasteiger partial charge in [0.15, 0.2) is 0 Å². The number of fused-ring (bicyclic) bond motifs is 2. The fraction of sp³-hybridized carbons (Fsp3) is 0.333. The van der Waals surface area contributed by atoms with Gasteiger partial charge in [-0.2, -0.15) is 0 Å². The van der Waals surface area contributed by atoms with Crippen LogP contribution in [0.3, 0.4) is 0 Å². The van der Waals surface area contributed by atoms with E-state index in [-0.39, 0.29) is 6.10 Å². The van der Waals surface area contributed by atoms with Gasteiger partial charge in [0.25, 0.3) is 0 Å². The predicted octanol–water partition coefficient (Wildman–Crippen LogP) is 9.99. The van der Waals surface area contributed by atoms with Crippen LogP contribution < -0.4 is 4.74 Å². The van der Waals surface area contributed by atoms with Gasteiger partial charge in [0, 0.05) is 16.7 Å². The first-order chi connectivity index (χ1) is 16.6. The first kappa shape index (κ1) is 24.1. The second-order valence-electron chi connectivity index (χ2n) is 9.64. The molecule has 0 saturated carbocycles. The van der Waals surface area contributed by atoms with Crippen molar-refractivity contribution in [2.45, 2.75) is 71.8 Å². The molecule has 0 fully saturated rings. The van der Waals surface area contributed by atoms with Crippen molar-refractivity contribution in [3.05, 3.63) is 84.4 Å². The maximum atomic E-state index is 6.47. The van der Waals surface area contributed by atoms with Gasteiger partial charge in [0.1, 0.15) is 5.75 Å². The molecule has 0 unspecified atom stereocenters. The number of benzene rings is 4. The van der Waals surface area contributed by atoms with Crippen molar-refractivity contribution in [1.82, 2.24) is 0 Å². The van der Waals surface area contributed by atoms with Crippen LogP contribution in [0.5, 0.6) is 5.75 Å². The molecule has 0 amide bonds. The van der Waals surface area contributed by atoms with Crippen LogP contribution in [0.15, 0.2) is 73.3 Å². The molecule has 0 N–H and O–H groups in total. The van der Waals surface area contributed by atoms with E-state index in [1.54, 1.807) is 0 Å². The highest BCUT2D eigenvalue weighted by Crippen LogP contribution is 2.43. The Morgan fingerprint density at radius 2 is 1.41 bits per heavy atom. The highest BCUT2D eigenvalue weighted by Gasteiger charge is 2.18. The summed E-state index contributed by atoms with van der Waals surface area (Å²) < 4.78 is 6.47. The molecule has 0 spiro atoms. The first-order valence-electron chi connectivity index (χ1n) is 13.0. The van der Waals surface area contributed by atoms with Gasteiger partial charge >= 0.3 is 0 Å². The topological polar surface area (TPSA) is 9.23 Å². The average Bonchev–Trinajstić information content (AvgIpc) is 2.85. The Balaban J connectivity index is 1.87. The fourth-order valence-corrected chi connectivity index (χ4v) is 4.98. The van der Waals surface area contributed by atoms with Crippen LogP contribution in [-0.2, 0) is 6.42 Å². The van der Waals surface area contributed by atoms with E-state index in [0.29, 0.717) is 0 Å². The lowest BCUT2D eigenvalue weighted by Gasteiger charge is -2.21. The van der Waals surface area contributed by atoms with Crippen LogP contribution in [0.25, 0.3) is 38.7 Å². The summed E-state index contributed by atoms with van der Waals surface area (Å²) in [6.07, 6.45) is 11.0. The van der Waals surface area contributed by atoms with Gasteiger partial charge in [-0.05, 0) is 72.0 Å². The molecule has 176 valence electrons. The number of rotatable bonds is 11. The Bertz CT molecular complexity index is 1210. The Kier molecular flexibility index (Phi) is 8.06. The third kappa shape index (κ3) is 5.36. The van der Waals surface area contributed by atoms with E-state index in [2.05, 4.69) is 94.1 Å². The van der Waals surface area contributed by atoms with Gasteiger partial charge in [-0.1, -0.05) is 100 Å². The number of hydrogen-bond acceptors (Lipinski definition) is 1. The van der Waals surface area contributed by atoms with Crippen LogP contribution in [0, 0.1) is 0 Å². The van der Waals surface area contributed by atoms with Crippen LogP contribution in [0.2, 0.25) is 0 Å². The summed E-state index contributed by atoms with van der Waals surface area (Å²) in [5, 5.41) is 5.05. The molecule has 0 aliphatic carbocycles. The summed E-state index contributed by atoms with van der Waals surface area (Å²) in [7, 11) is 0. The molecule has 0 saturated heterocycles. The molecule has 1 heteroatoms.